The number of aromatic nitrogens is 2. The number of fused-ring (bicyclic) bond motifs is 1. The van der Waals surface area contributed by atoms with Crippen LogP contribution in [0.3, 0.4) is 0 Å². The SMILES string of the molecule is O=[N+]([O-])c1cccnc1N/N=C\c1cn(Cc2ccccc2F)c2ccccc12. The Hall–Kier alpha value is -4.07. The predicted molar refractivity (Wildman–Crippen MR) is 110 cm³/mol. The highest BCUT2D eigenvalue weighted by Gasteiger charge is 2.13. The van der Waals surface area contributed by atoms with E-state index in [-0.39, 0.29) is 17.3 Å². The van der Waals surface area contributed by atoms with Crippen LogP contribution >= 0.6 is 0 Å². The van der Waals surface area contributed by atoms with Gasteiger partial charge in [-0.2, -0.15) is 5.10 Å². The zero-order valence-electron chi connectivity index (χ0n) is 15.2. The van der Waals surface area contributed by atoms with Crippen molar-refractivity contribution in [3.05, 3.63) is 100 Å². The molecule has 0 aliphatic rings. The number of halogens is 1. The summed E-state index contributed by atoms with van der Waals surface area (Å²) in [6.45, 7) is 0.375. The highest BCUT2D eigenvalue weighted by atomic mass is 19.1. The lowest BCUT2D eigenvalue weighted by Crippen LogP contribution is -2.00. The molecular formula is C21H16FN5O2. The quantitative estimate of drug-likeness (QED) is 0.297. The van der Waals surface area contributed by atoms with E-state index in [2.05, 4.69) is 15.5 Å². The Morgan fingerprint density at radius 2 is 1.93 bits per heavy atom. The van der Waals surface area contributed by atoms with Crippen molar-refractivity contribution in [2.75, 3.05) is 5.43 Å². The number of benzene rings is 2. The Bertz CT molecular complexity index is 1220. The van der Waals surface area contributed by atoms with Gasteiger partial charge in [-0.05, 0) is 18.2 Å². The van der Waals surface area contributed by atoms with Crippen molar-refractivity contribution in [1.29, 1.82) is 0 Å². The molecule has 0 saturated carbocycles. The first kappa shape index (κ1) is 18.3. The van der Waals surface area contributed by atoms with Gasteiger partial charge in [0.25, 0.3) is 0 Å². The molecule has 2 aromatic heterocycles. The molecule has 29 heavy (non-hydrogen) atoms. The Balaban J connectivity index is 1.64. The number of para-hydroxylation sites is 1. The van der Waals surface area contributed by atoms with Crippen LogP contribution in [0.2, 0.25) is 0 Å². The Morgan fingerprint density at radius 1 is 1.14 bits per heavy atom. The molecule has 4 rings (SSSR count). The molecule has 0 radical (unpaired) electrons. The zero-order chi connectivity index (χ0) is 20.2. The van der Waals surface area contributed by atoms with Crippen LogP contribution in [-0.4, -0.2) is 20.7 Å². The van der Waals surface area contributed by atoms with E-state index in [1.807, 2.05) is 35.0 Å². The summed E-state index contributed by atoms with van der Waals surface area (Å²) in [5, 5.41) is 16.1. The molecule has 7 nitrogen and oxygen atoms in total. The van der Waals surface area contributed by atoms with Crippen LogP contribution in [0.15, 0.2) is 78.2 Å². The van der Waals surface area contributed by atoms with Crippen molar-refractivity contribution in [2.24, 2.45) is 5.10 Å². The van der Waals surface area contributed by atoms with E-state index in [0.717, 1.165) is 16.5 Å². The van der Waals surface area contributed by atoms with Crippen LogP contribution < -0.4 is 5.43 Å². The molecule has 0 bridgehead atoms. The summed E-state index contributed by atoms with van der Waals surface area (Å²) in [5.74, 6) is -0.200. The summed E-state index contributed by atoms with van der Waals surface area (Å²) in [6.07, 6.45) is 4.89. The molecule has 1 N–H and O–H groups in total. The van der Waals surface area contributed by atoms with Crippen molar-refractivity contribution in [1.82, 2.24) is 9.55 Å². The predicted octanol–water partition coefficient (Wildman–Crippen LogP) is 4.58. The second kappa shape index (κ2) is 7.89. The van der Waals surface area contributed by atoms with Gasteiger partial charge in [0.2, 0.25) is 5.82 Å². The minimum atomic E-state index is -0.523. The number of hydrogen-bond acceptors (Lipinski definition) is 5. The number of hydrogen-bond donors (Lipinski definition) is 1. The summed E-state index contributed by atoms with van der Waals surface area (Å²) in [5.41, 5.74) is 4.77. The molecular weight excluding hydrogens is 373 g/mol. The average molecular weight is 389 g/mol. The first-order valence-electron chi connectivity index (χ1n) is 8.83. The van der Waals surface area contributed by atoms with E-state index in [1.54, 1.807) is 24.4 Å². The molecule has 0 unspecified atom stereocenters. The number of hydrazone groups is 1. The maximum atomic E-state index is 14.1. The summed E-state index contributed by atoms with van der Waals surface area (Å²) < 4.78 is 16.0. The third-order valence-corrected chi connectivity index (χ3v) is 4.48. The van der Waals surface area contributed by atoms with Gasteiger partial charge >= 0.3 is 5.69 Å². The minimum absolute atomic E-state index is 0.0591. The molecule has 0 aliphatic carbocycles. The topological polar surface area (TPSA) is 85.3 Å². The molecule has 0 saturated heterocycles. The van der Waals surface area contributed by atoms with Crippen molar-refractivity contribution in [2.45, 2.75) is 6.54 Å². The molecule has 2 heterocycles. The molecule has 0 fully saturated rings. The van der Waals surface area contributed by atoms with Crippen LogP contribution in [0.5, 0.6) is 0 Å². The van der Waals surface area contributed by atoms with Gasteiger partial charge in [0.05, 0.1) is 17.7 Å². The van der Waals surface area contributed by atoms with E-state index in [1.165, 1.54) is 24.4 Å². The van der Waals surface area contributed by atoms with Crippen LogP contribution in [0.1, 0.15) is 11.1 Å². The zero-order valence-corrected chi connectivity index (χ0v) is 15.2. The number of nitro groups is 1. The molecule has 144 valence electrons. The lowest BCUT2D eigenvalue weighted by molar-refractivity contribution is -0.384. The van der Waals surface area contributed by atoms with Gasteiger partial charge in [-0.3, -0.25) is 15.5 Å². The molecule has 8 heteroatoms. The maximum Gasteiger partial charge on any atom is 0.313 e. The largest absolute Gasteiger partial charge is 0.342 e. The normalized spacial score (nSPS) is 11.2. The lowest BCUT2D eigenvalue weighted by Gasteiger charge is -2.06. The van der Waals surface area contributed by atoms with E-state index >= 15 is 0 Å². The van der Waals surface area contributed by atoms with E-state index in [0.29, 0.717) is 12.1 Å². The van der Waals surface area contributed by atoms with E-state index < -0.39 is 4.92 Å². The van der Waals surface area contributed by atoms with E-state index in [4.69, 9.17) is 0 Å². The molecule has 0 spiro atoms. The molecule has 0 amide bonds. The molecule has 2 aromatic carbocycles. The minimum Gasteiger partial charge on any atom is -0.342 e. The molecule has 0 aliphatic heterocycles. The summed E-state index contributed by atoms with van der Waals surface area (Å²) in [4.78, 5) is 14.5. The van der Waals surface area contributed by atoms with E-state index in [9.17, 15) is 14.5 Å². The van der Waals surface area contributed by atoms with Gasteiger partial charge < -0.3 is 4.57 Å². The van der Waals surface area contributed by atoms with Gasteiger partial charge in [-0.15, -0.1) is 0 Å². The monoisotopic (exact) mass is 389 g/mol. The van der Waals surface area contributed by atoms with Gasteiger partial charge in [0, 0.05) is 40.5 Å². The van der Waals surface area contributed by atoms with Gasteiger partial charge in [-0.25, -0.2) is 9.37 Å². The number of nitrogens with zero attached hydrogens (tertiary/aromatic N) is 4. The number of pyridine rings is 1. The van der Waals surface area contributed by atoms with Crippen molar-refractivity contribution in [3.8, 4) is 0 Å². The third-order valence-electron chi connectivity index (χ3n) is 4.48. The van der Waals surface area contributed by atoms with Gasteiger partial charge in [0.1, 0.15) is 5.82 Å². The third kappa shape index (κ3) is 3.81. The maximum absolute atomic E-state index is 14.1. The fourth-order valence-electron chi connectivity index (χ4n) is 3.11. The standard InChI is InChI=1S/C21H16FN5O2/c22-18-8-3-1-6-15(18)13-26-14-16(17-7-2-4-9-19(17)26)12-24-25-21-20(27(28)29)10-5-11-23-21/h1-12,14H,13H2,(H,23,25)/b24-12-. The fraction of sp³-hybridized carbons (Fsp3) is 0.0476. The van der Waals surface area contributed by atoms with Crippen molar-refractivity contribution >= 4 is 28.6 Å². The summed E-state index contributed by atoms with van der Waals surface area (Å²) >= 11 is 0. The second-order valence-electron chi connectivity index (χ2n) is 6.32. The second-order valence-corrected chi connectivity index (χ2v) is 6.32. The average Bonchev–Trinajstić information content (AvgIpc) is 3.08. The highest BCUT2D eigenvalue weighted by Crippen LogP contribution is 2.23. The van der Waals surface area contributed by atoms with Gasteiger partial charge in [-0.1, -0.05) is 36.4 Å². The Morgan fingerprint density at radius 3 is 2.76 bits per heavy atom. The highest BCUT2D eigenvalue weighted by molar-refractivity contribution is 5.99. The van der Waals surface area contributed by atoms with Crippen LogP contribution in [0.4, 0.5) is 15.9 Å². The lowest BCUT2D eigenvalue weighted by atomic mass is 10.2. The first-order valence-corrected chi connectivity index (χ1v) is 8.83. The Labute approximate surface area is 165 Å². The fourth-order valence-corrected chi connectivity index (χ4v) is 3.11. The summed E-state index contributed by atoms with van der Waals surface area (Å²) in [6, 6.07) is 17.2. The number of anilines is 1. The van der Waals surface area contributed by atoms with Crippen LogP contribution in [0.25, 0.3) is 10.9 Å². The van der Waals surface area contributed by atoms with Crippen molar-refractivity contribution in [3.63, 3.8) is 0 Å². The smallest absolute Gasteiger partial charge is 0.313 e. The van der Waals surface area contributed by atoms with Crippen LogP contribution in [0, 0.1) is 15.9 Å². The summed E-state index contributed by atoms with van der Waals surface area (Å²) in [7, 11) is 0. The van der Waals surface area contributed by atoms with Crippen LogP contribution in [-0.2, 0) is 6.54 Å². The molecule has 4 aromatic rings. The number of rotatable bonds is 6. The van der Waals surface area contributed by atoms with Gasteiger partial charge in [0.15, 0.2) is 0 Å². The molecule has 0 atom stereocenters. The Kier molecular flexibility index (Phi) is 4.98. The van der Waals surface area contributed by atoms with Crippen molar-refractivity contribution < 1.29 is 9.31 Å². The first-order chi connectivity index (χ1) is 14.1. The number of nitrogens with one attached hydrogen (secondary N) is 1.